The van der Waals surface area contributed by atoms with Crippen LogP contribution in [-0.2, 0) is 16.1 Å². The second-order valence-electron chi connectivity index (χ2n) is 4.90. The number of aryl methyl sites for hydroxylation is 2. The first-order valence-electron chi connectivity index (χ1n) is 6.87. The van der Waals surface area contributed by atoms with Gasteiger partial charge in [-0.3, -0.25) is 4.79 Å². The first-order valence-corrected chi connectivity index (χ1v) is 6.87. The van der Waals surface area contributed by atoms with Gasteiger partial charge in [-0.1, -0.05) is 6.07 Å². The fourth-order valence-corrected chi connectivity index (χ4v) is 2.09. The van der Waals surface area contributed by atoms with Gasteiger partial charge in [0.05, 0.1) is 17.6 Å². The summed E-state index contributed by atoms with van der Waals surface area (Å²) in [5.74, 6) is 0.631. The van der Waals surface area contributed by atoms with Crippen molar-refractivity contribution in [1.82, 2.24) is 15.3 Å². The van der Waals surface area contributed by atoms with Crippen LogP contribution in [-0.4, -0.2) is 28.6 Å². The molecule has 20 heavy (non-hydrogen) atoms. The number of imidazole rings is 1. The number of amides is 1. The zero-order valence-electron chi connectivity index (χ0n) is 12.4. The number of fused-ring (bicyclic) bond motifs is 1. The molecule has 1 atom stereocenters. The molecule has 1 aromatic heterocycles. The Kier molecular flexibility index (Phi) is 4.39. The summed E-state index contributed by atoms with van der Waals surface area (Å²) in [6.07, 6.45) is -0.437. The topological polar surface area (TPSA) is 67.0 Å². The van der Waals surface area contributed by atoms with Crippen molar-refractivity contribution in [3.8, 4) is 0 Å². The molecule has 1 amide bonds. The molecular formula is C15H21N3O2. The van der Waals surface area contributed by atoms with Gasteiger partial charge >= 0.3 is 0 Å². The number of aromatic amines is 1. The zero-order chi connectivity index (χ0) is 14.7. The van der Waals surface area contributed by atoms with E-state index in [2.05, 4.69) is 35.2 Å². The number of hydrogen-bond donors (Lipinski definition) is 2. The molecule has 2 N–H and O–H groups in total. The van der Waals surface area contributed by atoms with Crippen LogP contribution in [0.15, 0.2) is 12.1 Å². The molecule has 0 radical (unpaired) electrons. The molecule has 108 valence electrons. The van der Waals surface area contributed by atoms with E-state index in [1.165, 1.54) is 11.1 Å². The second kappa shape index (κ2) is 6.05. The Balaban J connectivity index is 2.07. The van der Waals surface area contributed by atoms with Crippen molar-refractivity contribution in [2.75, 3.05) is 6.61 Å². The van der Waals surface area contributed by atoms with Crippen LogP contribution in [0, 0.1) is 13.8 Å². The summed E-state index contributed by atoms with van der Waals surface area (Å²) in [5, 5.41) is 2.82. The summed E-state index contributed by atoms with van der Waals surface area (Å²) < 4.78 is 5.24. The maximum absolute atomic E-state index is 11.8. The molecule has 0 aliphatic heterocycles. The predicted octanol–water partition coefficient (Wildman–Crippen LogP) is 2.22. The average Bonchev–Trinajstić information content (AvgIpc) is 2.84. The number of nitrogens with one attached hydrogen (secondary N) is 2. The van der Waals surface area contributed by atoms with Gasteiger partial charge in [0.15, 0.2) is 0 Å². The number of ether oxygens (including phenoxy) is 1. The summed E-state index contributed by atoms with van der Waals surface area (Å²) in [6.45, 7) is 8.63. The van der Waals surface area contributed by atoms with Gasteiger partial charge in [-0.25, -0.2) is 4.98 Å². The zero-order valence-corrected chi connectivity index (χ0v) is 12.4. The van der Waals surface area contributed by atoms with Gasteiger partial charge in [0, 0.05) is 6.61 Å². The molecule has 0 aliphatic rings. The van der Waals surface area contributed by atoms with Crippen LogP contribution >= 0.6 is 0 Å². The van der Waals surface area contributed by atoms with Crippen molar-refractivity contribution in [3.63, 3.8) is 0 Å². The Labute approximate surface area is 118 Å². The van der Waals surface area contributed by atoms with Gasteiger partial charge in [0.1, 0.15) is 11.9 Å². The van der Waals surface area contributed by atoms with Crippen LogP contribution < -0.4 is 5.32 Å². The monoisotopic (exact) mass is 275 g/mol. The Hall–Kier alpha value is -1.88. The first-order chi connectivity index (χ1) is 9.52. The minimum absolute atomic E-state index is 0.125. The SMILES string of the molecule is CCOC(C)C(=O)NCc1nc2c(C)c(C)ccc2[nH]1. The van der Waals surface area contributed by atoms with E-state index in [4.69, 9.17) is 4.74 Å². The van der Waals surface area contributed by atoms with E-state index in [1.54, 1.807) is 6.92 Å². The molecule has 1 aromatic carbocycles. The Bertz CT molecular complexity index is 619. The number of rotatable bonds is 5. The van der Waals surface area contributed by atoms with E-state index >= 15 is 0 Å². The lowest BCUT2D eigenvalue weighted by molar-refractivity contribution is -0.131. The minimum Gasteiger partial charge on any atom is -0.369 e. The smallest absolute Gasteiger partial charge is 0.249 e. The molecule has 0 spiro atoms. The van der Waals surface area contributed by atoms with Crippen LogP contribution in [0.3, 0.4) is 0 Å². The summed E-state index contributed by atoms with van der Waals surface area (Å²) >= 11 is 0. The highest BCUT2D eigenvalue weighted by atomic mass is 16.5. The normalized spacial score (nSPS) is 12.6. The van der Waals surface area contributed by atoms with Crippen molar-refractivity contribution in [3.05, 3.63) is 29.1 Å². The van der Waals surface area contributed by atoms with E-state index in [0.717, 1.165) is 16.9 Å². The van der Waals surface area contributed by atoms with Crippen molar-refractivity contribution in [2.45, 2.75) is 40.3 Å². The van der Waals surface area contributed by atoms with Crippen LogP contribution in [0.25, 0.3) is 11.0 Å². The number of carbonyl (C=O) groups is 1. The molecule has 0 saturated heterocycles. The van der Waals surface area contributed by atoms with Gasteiger partial charge in [0.25, 0.3) is 0 Å². The van der Waals surface area contributed by atoms with Crippen molar-refractivity contribution in [1.29, 1.82) is 0 Å². The summed E-state index contributed by atoms with van der Waals surface area (Å²) in [6, 6.07) is 4.08. The standard InChI is InChI=1S/C15H21N3O2/c1-5-20-11(4)15(19)16-8-13-17-12-7-6-9(2)10(3)14(12)18-13/h6-7,11H,5,8H2,1-4H3,(H,16,19)(H,17,18). The van der Waals surface area contributed by atoms with Crippen LogP contribution in [0.5, 0.6) is 0 Å². The summed E-state index contributed by atoms with van der Waals surface area (Å²) in [4.78, 5) is 19.5. The molecule has 0 fully saturated rings. The average molecular weight is 275 g/mol. The maximum Gasteiger partial charge on any atom is 0.249 e. The third kappa shape index (κ3) is 2.99. The fourth-order valence-electron chi connectivity index (χ4n) is 2.09. The van der Waals surface area contributed by atoms with Gasteiger partial charge < -0.3 is 15.0 Å². The van der Waals surface area contributed by atoms with Crippen molar-refractivity contribution >= 4 is 16.9 Å². The summed E-state index contributed by atoms with van der Waals surface area (Å²) in [5.41, 5.74) is 4.34. The number of hydrogen-bond acceptors (Lipinski definition) is 3. The van der Waals surface area contributed by atoms with E-state index in [9.17, 15) is 4.79 Å². The van der Waals surface area contributed by atoms with Crippen molar-refractivity contribution in [2.24, 2.45) is 0 Å². The molecular weight excluding hydrogens is 254 g/mol. The van der Waals surface area contributed by atoms with Gasteiger partial charge in [-0.05, 0) is 44.9 Å². The lowest BCUT2D eigenvalue weighted by atomic mass is 10.1. The Morgan fingerprint density at radius 2 is 2.20 bits per heavy atom. The fraction of sp³-hybridized carbons (Fsp3) is 0.467. The van der Waals surface area contributed by atoms with Gasteiger partial charge in [-0.15, -0.1) is 0 Å². The molecule has 0 bridgehead atoms. The number of aromatic nitrogens is 2. The quantitative estimate of drug-likeness (QED) is 0.879. The minimum atomic E-state index is -0.437. The number of nitrogens with zero attached hydrogens (tertiary/aromatic N) is 1. The Morgan fingerprint density at radius 1 is 1.45 bits per heavy atom. The number of carbonyl (C=O) groups excluding carboxylic acids is 1. The third-order valence-electron chi connectivity index (χ3n) is 3.44. The largest absolute Gasteiger partial charge is 0.369 e. The molecule has 1 unspecified atom stereocenters. The second-order valence-corrected chi connectivity index (χ2v) is 4.90. The van der Waals surface area contributed by atoms with Crippen LogP contribution in [0.2, 0.25) is 0 Å². The molecule has 2 aromatic rings. The molecule has 5 heteroatoms. The molecule has 0 aliphatic carbocycles. The highest BCUT2D eigenvalue weighted by molar-refractivity contribution is 5.81. The number of benzene rings is 1. The van der Waals surface area contributed by atoms with Gasteiger partial charge in [0.2, 0.25) is 5.91 Å². The van der Waals surface area contributed by atoms with Crippen LogP contribution in [0.4, 0.5) is 0 Å². The lowest BCUT2D eigenvalue weighted by Gasteiger charge is -2.10. The molecule has 5 nitrogen and oxygen atoms in total. The Morgan fingerprint density at radius 3 is 2.90 bits per heavy atom. The molecule has 1 heterocycles. The predicted molar refractivity (Wildman–Crippen MR) is 78.5 cm³/mol. The van der Waals surface area contributed by atoms with E-state index in [-0.39, 0.29) is 5.91 Å². The highest BCUT2D eigenvalue weighted by Gasteiger charge is 2.13. The van der Waals surface area contributed by atoms with Crippen molar-refractivity contribution < 1.29 is 9.53 Å². The molecule has 0 saturated carbocycles. The number of H-pyrrole nitrogens is 1. The van der Waals surface area contributed by atoms with Crippen LogP contribution in [0.1, 0.15) is 30.8 Å². The third-order valence-corrected chi connectivity index (χ3v) is 3.44. The summed E-state index contributed by atoms with van der Waals surface area (Å²) in [7, 11) is 0. The molecule has 2 rings (SSSR count). The van der Waals surface area contributed by atoms with E-state index in [1.807, 2.05) is 13.0 Å². The first kappa shape index (κ1) is 14.5. The highest BCUT2D eigenvalue weighted by Crippen LogP contribution is 2.19. The van der Waals surface area contributed by atoms with Gasteiger partial charge in [-0.2, -0.15) is 0 Å². The van der Waals surface area contributed by atoms with E-state index in [0.29, 0.717) is 13.2 Å². The maximum atomic E-state index is 11.8. The lowest BCUT2D eigenvalue weighted by Crippen LogP contribution is -2.34. The van der Waals surface area contributed by atoms with E-state index < -0.39 is 6.10 Å².